The molecule has 0 radical (unpaired) electrons. The summed E-state index contributed by atoms with van der Waals surface area (Å²) in [6.45, 7) is 4.32. The number of phenols is 2. The zero-order chi connectivity index (χ0) is 20.4. The second-order valence-corrected chi connectivity index (χ2v) is 7.82. The first-order valence-electron chi connectivity index (χ1n) is 10.6. The van der Waals surface area contributed by atoms with E-state index in [1.165, 1.54) is 0 Å². The number of ketones is 1. The van der Waals surface area contributed by atoms with Crippen molar-refractivity contribution in [2.45, 2.75) is 65.2 Å². The smallest absolute Gasteiger partial charge is 0.139 e. The van der Waals surface area contributed by atoms with Crippen molar-refractivity contribution in [3.63, 3.8) is 0 Å². The lowest BCUT2D eigenvalue weighted by molar-refractivity contribution is -0.127. The van der Waals surface area contributed by atoms with Gasteiger partial charge in [-0.15, -0.1) is 0 Å². The number of benzene rings is 2. The van der Waals surface area contributed by atoms with Crippen molar-refractivity contribution in [2.75, 3.05) is 0 Å². The average Bonchev–Trinajstić information content (AvgIpc) is 2.70. The summed E-state index contributed by atoms with van der Waals surface area (Å²) in [6, 6.07) is 14.5. The van der Waals surface area contributed by atoms with E-state index in [0.29, 0.717) is 5.78 Å². The van der Waals surface area contributed by atoms with E-state index in [-0.39, 0.29) is 23.3 Å². The Morgan fingerprint density at radius 2 is 1.07 bits per heavy atom. The van der Waals surface area contributed by atoms with Crippen LogP contribution in [0.3, 0.4) is 0 Å². The van der Waals surface area contributed by atoms with Crippen LogP contribution in [0.1, 0.15) is 63.5 Å². The van der Waals surface area contributed by atoms with Crippen molar-refractivity contribution in [1.82, 2.24) is 0 Å². The molecule has 0 saturated heterocycles. The Hall–Kier alpha value is -2.29. The Bertz CT molecular complexity index is 642. The van der Waals surface area contributed by atoms with Crippen LogP contribution in [0.15, 0.2) is 48.5 Å². The Kier molecular flexibility index (Phi) is 9.06. The van der Waals surface area contributed by atoms with Crippen LogP contribution in [0.5, 0.6) is 11.5 Å². The van der Waals surface area contributed by atoms with Crippen LogP contribution in [-0.4, -0.2) is 16.0 Å². The molecule has 0 saturated carbocycles. The minimum Gasteiger partial charge on any atom is -0.508 e. The third-order valence-electron chi connectivity index (χ3n) is 5.45. The predicted octanol–water partition coefficient (Wildman–Crippen LogP) is 6.06. The van der Waals surface area contributed by atoms with Gasteiger partial charge in [-0.3, -0.25) is 4.79 Å². The molecule has 0 aromatic heterocycles. The van der Waals surface area contributed by atoms with Gasteiger partial charge in [0.15, 0.2) is 0 Å². The van der Waals surface area contributed by atoms with Crippen LogP contribution in [0, 0.1) is 11.8 Å². The maximum Gasteiger partial charge on any atom is 0.139 e. The molecule has 3 nitrogen and oxygen atoms in total. The maximum atomic E-state index is 13.5. The highest BCUT2D eigenvalue weighted by atomic mass is 16.3. The van der Waals surface area contributed by atoms with Gasteiger partial charge in [0, 0.05) is 11.8 Å². The lowest BCUT2D eigenvalue weighted by Crippen LogP contribution is -2.27. The highest BCUT2D eigenvalue weighted by Crippen LogP contribution is 2.26. The lowest BCUT2D eigenvalue weighted by atomic mass is 9.80. The minimum absolute atomic E-state index is 0.0171. The van der Waals surface area contributed by atoms with Gasteiger partial charge in [-0.2, -0.15) is 0 Å². The molecule has 0 heterocycles. The van der Waals surface area contributed by atoms with Gasteiger partial charge in [-0.1, -0.05) is 63.8 Å². The van der Waals surface area contributed by atoms with Gasteiger partial charge in [0.05, 0.1) is 0 Å². The van der Waals surface area contributed by atoms with E-state index in [4.69, 9.17) is 0 Å². The lowest BCUT2D eigenvalue weighted by Gasteiger charge is -2.23. The van der Waals surface area contributed by atoms with Gasteiger partial charge in [-0.25, -0.2) is 0 Å². The van der Waals surface area contributed by atoms with E-state index in [1.54, 1.807) is 24.3 Å². The topological polar surface area (TPSA) is 57.5 Å². The molecule has 2 atom stereocenters. The first-order chi connectivity index (χ1) is 13.5. The summed E-state index contributed by atoms with van der Waals surface area (Å²) in [5.41, 5.74) is 2.21. The standard InChI is InChI=1S/C25H34O3/c1-3-5-7-21(17-19-9-13-23(26)14-10-19)25(28)22(8-6-4-2)18-20-11-15-24(27)16-12-20/h9-16,21-22,26-27H,3-8,17-18H2,1-2H3. The van der Waals surface area contributed by atoms with Crippen molar-refractivity contribution >= 4 is 5.78 Å². The van der Waals surface area contributed by atoms with Gasteiger partial charge in [0.25, 0.3) is 0 Å². The Labute approximate surface area is 169 Å². The first-order valence-corrected chi connectivity index (χ1v) is 10.6. The van der Waals surface area contributed by atoms with Crippen LogP contribution in [0.4, 0.5) is 0 Å². The van der Waals surface area contributed by atoms with Crippen LogP contribution < -0.4 is 0 Å². The van der Waals surface area contributed by atoms with Crippen molar-refractivity contribution in [1.29, 1.82) is 0 Å². The third kappa shape index (κ3) is 7.03. The Morgan fingerprint density at radius 3 is 1.39 bits per heavy atom. The molecule has 0 aliphatic carbocycles. The minimum atomic E-state index is 0.0171. The number of carbonyl (C=O) groups excluding carboxylic acids is 1. The third-order valence-corrected chi connectivity index (χ3v) is 5.45. The molecular formula is C25H34O3. The molecule has 0 amide bonds. The molecule has 2 rings (SSSR count). The molecule has 2 N–H and O–H groups in total. The normalized spacial score (nSPS) is 13.2. The number of phenolic OH excluding ortho intramolecular Hbond substituents is 2. The fourth-order valence-corrected chi connectivity index (χ4v) is 3.76. The number of aromatic hydroxyl groups is 2. The molecule has 2 aromatic rings. The second-order valence-electron chi connectivity index (χ2n) is 7.82. The van der Waals surface area contributed by atoms with Gasteiger partial charge in [0.2, 0.25) is 0 Å². The second kappa shape index (κ2) is 11.5. The van der Waals surface area contributed by atoms with Crippen LogP contribution in [-0.2, 0) is 17.6 Å². The Balaban J connectivity index is 2.16. The summed E-state index contributed by atoms with van der Waals surface area (Å²) in [5, 5.41) is 19.1. The fraction of sp³-hybridized carbons (Fsp3) is 0.480. The van der Waals surface area contributed by atoms with Crippen LogP contribution in [0.25, 0.3) is 0 Å². The van der Waals surface area contributed by atoms with Crippen molar-refractivity contribution in [2.24, 2.45) is 11.8 Å². The monoisotopic (exact) mass is 382 g/mol. The molecule has 0 aliphatic heterocycles. The molecule has 2 unspecified atom stereocenters. The summed E-state index contributed by atoms with van der Waals surface area (Å²) < 4.78 is 0. The van der Waals surface area contributed by atoms with Gasteiger partial charge in [0.1, 0.15) is 17.3 Å². The average molecular weight is 383 g/mol. The zero-order valence-corrected chi connectivity index (χ0v) is 17.2. The molecule has 3 heteroatoms. The summed E-state index contributed by atoms with van der Waals surface area (Å²) in [5.74, 6) is 0.914. The van der Waals surface area contributed by atoms with Crippen molar-refractivity contribution in [3.05, 3.63) is 59.7 Å². The number of rotatable bonds is 12. The number of hydrogen-bond acceptors (Lipinski definition) is 3. The largest absolute Gasteiger partial charge is 0.508 e. The van der Waals surface area contributed by atoms with Gasteiger partial charge < -0.3 is 10.2 Å². The van der Waals surface area contributed by atoms with E-state index >= 15 is 0 Å². The quantitative estimate of drug-likeness (QED) is 0.469. The van der Waals surface area contributed by atoms with Crippen molar-refractivity contribution in [3.8, 4) is 11.5 Å². The van der Waals surface area contributed by atoms with E-state index in [2.05, 4.69) is 13.8 Å². The highest BCUT2D eigenvalue weighted by molar-refractivity contribution is 5.84. The molecule has 152 valence electrons. The summed E-state index contributed by atoms with van der Waals surface area (Å²) in [6.07, 6.45) is 7.55. The molecule has 0 spiro atoms. The van der Waals surface area contributed by atoms with E-state index in [1.807, 2.05) is 24.3 Å². The van der Waals surface area contributed by atoms with E-state index in [0.717, 1.165) is 62.5 Å². The SMILES string of the molecule is CCCCC(Cc1ccc(O)cc1)C(=O)C(CCCC)Cc1ccc(O)cc1. The molecule has 0 bridgehead atoms. The molecule has 0 fully saturated rings. The fourth-order valence-electron chi connectivity index (χ4n) is 3.76. The molecular weight excluding hydrogens is 348 g/mol. The van der Waals surface area contributed by atoms with Crippen molar-refractivity contribution < 1.29 is 15.0 Å². The zero-order valence-electron chi connectivity index (χ0n) is 17.2. The molecule has 0 aliphatic rings. The number of hydrogen-bond donors (Lipinski definition) is 2. The molecule has 28 heavy (non-hydrogen) atoms. The number of unbranched alkanes of at least 4 members (excludes halogenated alkanes) is 2. The van der Waals surface area contributed by atoms with E-state index < -0.39 is 0 Å². The summed E-state index contributed by atoms with van der Waals surface area (Å²) in [7, 11) is 0. The number of Topliss-reactive ketones (excluding diaryl/α,β-unsaturated/α-hetero) is 1. The summed E-state index contributed by atoms with van der Waals surface area (Å²) in [4.78, 5) is 13.5. The summed E-state index contributed by atoms with van der Waals surface area (Å²) >= 11 is 0. The molecule has 2 aromatic carbocycles. The van der Waals surface area contributed by atoms with Gasteiger partial charge >= 0.3 is 0 Å². The van der Waals surface area contributed by atoms with Crippen LogP contribution in [0.2, 0.25) is 0 Å². The predicted molar refractivity (Wildman–Crippen MR) is 115 cm³/mol. The van der Waals surface area contributed by atoms with Gasteiger partial charge in [-0.05, 0) is 61.1 Å². The number of carbonyl (C=O) groups is 1. The Morgan fingerprint density at radius 1 is 0.714 bits per heavy atom. The highest BCUT2D eigenvalue weighted by Gasteiger charge is 2.26. The maximum absolute atomic E-state index is 13.5. The van der Waals surface area contributed by atoms with E-state index in [9.17, 15) is 15.0 Å². The van der Waals surface area contributed by atoms with Crippen LogP contribution >= 0.6 is 0 Å². The first kappa shape index (κ1) is 22.0.